The molecule has 3 rings (SSSR count). The van der Waals surface area contributed by atoms with E-state index in [0.29, 0.717) is 11.4 Å². The minimum Gasteiger partial charge on any atom is -0.322 e. The number of sulfonamides is 2. The summed E-state index contributed by atoms with van der Waals surface area (Å²) in [7, 11) is -5.94. The number of rotatable bonds is 7. The van der Waals surface area contributed by atoms with Gasteiger partial charge in [-0.2, -0.15) is 0 Å². The van der Waals surface area contributed by atoms with Crippen LogP contribution < -0.4 is 14.3 Å². The minimum atomic E-state index is -3.86. The average molecular weight is 508 g/mol. The van der Waals surface area contributed by atoms with Gasteiger partial charge in [-0.1, -0.05) is 35.4 Å². The number of nitrogens with zero attached hydrogens (tertiary/aromatic N) is 1. The molecule has 0 aliphatic heterocycles. The summed E-state index contributed by atoms with van der Waals surface area (Å²) in [5.74, 6) is -0.587. The summed E-state index contributed by atoms with van der Waals surface area (Å²) in [6.45, 7) is 1.85. The number of aryl methyl sites for hydroxylation is 1. The van der Waals surface area contributed by atoms with E-state index in [1.54, 1.807) is 30.3 Å². The maximum Gasteiger partial charge on any atom is 0.261 e. The number of carbonyl (C=O) groups excluding carboxylic acids is 1. The van der Waals surface area contributed by atoms with Crippen molar-refractivity contribution >= 4 is 54.6 Å². The van der Waals surface area contributed by atoms with Crippen LogP contribution in [0.5, 0.6) is 0 Å². The van der Waals surface area contributed by atoms with E-state index in [9.17, 15) is 21.6 Å². The Kier molecular flexibility index (Phi) is 7.01. The number of nitrogens with one attached hydrogen (secondary N) is 2. The molecule has 2 N–H and O–H groups in total. The van der Waals surface area contributed by atoms with E-state index in [4.69, 9.17) is 11.6 Å². The summed E-state index contributed by atoms with van der Waals surface area (Å²) in [4.78, 5) is 12.9. The predicted octanol–water partition coefficient (Wildman–Crippen LogP) is 4.10. The van der Waals surface area contributed by atoms with Gasteiger partial charge in [0.15, 0.2) is 0 Å². The van der Waals surface area contributed by atoms with Gasteiger partial charge in [0.25, 0.3) is 15.9 Å². The quantitative estimate of drug-likeness (QED) is 0.500. The summed E-state index contributed by atoms with van der Waals surface area (Å²) in [5, 5.41) is 2.77. The molecule has 0 spiro atoms. The molecule has 0 unspecified atom stereocenters. The highest BCUT2D eigenvalue weighted by molar-refractivity contribution is 7.92. The number of hydrogen-bond donors (Lipinski definition) is 2. The highest BCUT2D eigenvalue weighted by atomic mass is 35.5. The third kappa shape index (κ3) is 6.04. The Labute approximate surface area is 198 Å². The smallest absolute Gasteiger partial charge is 0.261 e. The van der Waals surface area contributed by atoms with E-state index in [1.165, 1.54) is 43.4 Å². The van der Waals surface area contributed by atoms with Crippen molar-refractivity contribution in [3.8, 4) is 0 Å². The summed E-state index contributed by atoms with van der Waals surface area (Å²) in [5.41, 5.74) is 1.83. The van der Waals surface area contributed by atoms with Crippen molar-refractivity contribution in [2.75, 3.05) is 27.6 Å². The largest absolute Gasteiger partial charge is 0.322 e. The molecule has 3 aromatic carbocycles. The summed E-state index contributed by atoms with van der Waals surface area (Å²) < 4.78 is 52.4. The van der Waals surface area contributed by atoms with Gasteiger partial charge in [0, 0.05) is 18.4 Å². The second kappa shape index (κ2) is 9.42. The van der Waals surface area contributed by atoms with Crippen LogP contribution in [0.1, 0.15) is 15.9 Å². The first kappa shape index (κ1) is 24.6. The molecule has 0 bridgehead atoms. The number of amides is 1. The number of halogens is 1. The fourth-order valence-electron chi connectivity index (χ4n) is 2.86. The van der Waals surface area contributed by atoms with Crippen LogP contribution in [0.4, 0.5) is 17.1 Å². The Morgan fingerprint density at radius 1 is 0.909 bits per heavy atom. The van der Waals surface area contributed by atoms with Crippen LogP contribution in [0.3, 0.4) is 0 Å². The van der Waals surface area contributed by atoms with Gasteiger partial charge in [-0.3, -0.25) is 13.8 Å². The van der Waals surface area contributed by atoms with E-state index in [0.717, 1.165) is 16.1 Å². The molecular weight excluding hydrogens is 486 g/mol. The molecule has 0 radical (unpaired) electrons. The standard InChI is InChI=1S/C22H22ClN3O5S2/c1-15-7-10-19(11-8-15)33(30,31)25-17-9-12-21(23)20(14-17)22(27)24-16-5-4-6-18(13-16)26(2)32(3,28)29/h4-14,25H,1-3H3,(H,24,27). The highest BCUT2D eigenvalue weighted by Gasteiger charge is 2.18. The molecule has 0 saturated heterocycles. The lowest BCUT2D eigenvalue weighted by molar-refractivity contribution is 0.102. The van der Waals surface area contributed by atoms with Crippen molar-refractivity contribution in [1.82, 2.24) is 0 Å². The van der Waals surface area contributed by atoms with Crippen LogP contribution in [0.15, 0.2) is 71.6 Å². The summed E-state index contributed by atoms with van der Waals surface area (Å²) in [6.07, 6.45) is 1.07. The summed E-state index contributed by atoms with van der Waals surface area (Å²) >= 11 is 6.18. The topological polar surface area (TPSA) is 113 Å². The molecule has 0 heterocycles. The van der Waals surface area contributed by atoms with E-state index >= 15 is 0 Å². The number of hydrogen-bond acceptors (Lipinski definition) is 5. The molecule has 0 saturated carbocycles. The molecule has 33 heavy (non-hydrogen) atoms. The molecule has 174 valence electrons. The van der Waals surface area contributed by atoms with E-state index in [2.05, 4.69) is 10.0 Å². The zero-order valence-electron chi connectivity index (χ0n) is 18.0. The van der Waals surface area contributed by atoms with Gasteiger partial charge in [-0.05, 0) is 55.5 Å². The molecule has 0 fully saturated rings. The Balaban J connectivity index is 1.84. The third-order valence-electron chi connectivity index (χ3n) is 4.76. The maximum absolute atomic E-state index is 12.8. The molecule has 1 amide bonds. The van der Waals surface area contributed by atoms with E-state index in [1.807, 2.05) is 6.92 Å². The molecule has 0 aliphatic rings. The second-order valence-electron chi connectivity index (χ2n) is 7.35. The SMILES string of the molecule is Cc1ccc(S(=O)(=O)Nc2ccc(Cl)c(C(=O)Nc3cccc(N(C)S(C)(=O)=O)c3)c2)cc1. The zero-order valence-corrected chi connectivity index (χ0v) is 20.4. The van der Waals surface area contributed by atoms with Crippen LogP contribution in [0.2, 0.25) is 5.02 Å². The van der Waals surface area contributed by atoms with Crippen molar-refractivity contribution < 1.29 is 21.6 Å². The van der Waals surface area contributed by atoms with Crippen molar-refractivity contribution in [2.24, 2.45) is 0 Å². The highest BCUT2D eigenvalue weighted by Crippen LogP contribution is 2.25. The van der Waals surface area contributed by atoms with Gasteiger partial charge < -0.3 is 5.32 Å². The van der Waals surface area contributed by atoms with Crippen LogP contribution in [0.25, 0.3) is 0 Å². The van der Waals surface area contributed by atoms with Gasteiger partial charge in [0.1, 0.15) is 0 Å². The molecule has 0 aliphatic carbocycles. The van der Waals surface area contributed by atoms with Crippen molar-refractivity contribution in [2.45, 2.75) is 11.8 Å². The van der Waals surface area contributed by atoms with Crippen LogP contribution in [0, 0.1) is 6.92 Å². The Morgan fingerprint density at radius 2 is 1.58 bits per heavy atom. The lowest BCUT2D eigenvalue weighted by Gasteiger charge is -2.17. The van der Waals surface area contributed by atoms with Gasteiger partial charge in [-0.15, -0.1) is 0 Å². The first-order valence-corrected chi connectivity index (χ1v) is 13.3. The lowest BCUT2D eigenvalue weighted by Crippen LogP contribution is -2.24. The van der Waals surface area contributed by atoms with Crippen molar-refractivity contribution in [1.29, 1.82) is 0 Å². The Bertz CT molecular complexity index is 1410. The molecule has 11 heteroatoms. The number of benzene rings is 3. The van der Waals surface area contributed by atoms with Crippen molar-refractivity contribution in [3.63, 3.8) is 0 Å². The molecule has 0 aromatic heterocycles. The van der Waals surface area contributed by atoms with Crippen LogP contribution in [-0.2, 0) is 20.0 Å². The van der Waals surface area contributed by atoms with E-state index < -0.39 is 26.0 Å². The number of carbonyl (C=O) groups is 1. The Hall–Kier alpha value is -3.08. The van der Waals surface area contributed by atoms with Gasteiger partial charge in [0.05, 0.1) is 27.4 Å². The van der Waals surface area contributed by atoms with Crippen LogP contribution >= 0.6 is 11.6 Å². The maximum atomic E-state index is 12.8. The monoisotopic (exact) mass is 507 g/mol. The van der Waals surface area contributed by atoms with Crippen molar-refractivity contribution in [3.05, 3.63) is 82.9 Å². The van der Waals surface area contributed by atoms with Gasteiger partial charge in [0.2, 0.25) is 10.0 Å². The Morgan fingerprint density at radius 3 is 2.21 bits per heavy atom. The van der Waals surface area contributed by atoms with Gasteiger partial charge >= 0.3 is 0 Å². The first-order chi connectivity index (χ1) is 15.4. The fourth-order valence-corrected chi connectivity index (χ4v) is 4.61. The molecule has 8 nitrogen and oxygen atoms in total. The third-order valence-corrected chi connectivity index (χ3v) is 7.69. The zero-order chi connectivity index (χ0) is 24.4. The number of anilines is 3. The lowest BCUT2D eigenvalue weighted by atomic mass is 10.2. The molecule has 3 aromatic rings. The average Bonchev–Trinajstić information content (AvgIpc) is 2.74. The molecular formula is C22H22ClN3O5S2. The second-order valence-corrected chi connectivity index (χ2v) is 11.5. The first-order valence-electron chi connectivity index (χ1n) is 9.61. The summed E-state index contributed by atoms with van der Waals surface area (Å²) in [6, 6.07) is 16.8. The van der Waals surface area contributed by atoms with Gasteiger partial charge in [-0.25, -0.2) is 16.8 Å². The van der Waals surface area contributed by atoms with Crippen LogP contribution in [-0.4, -0.2) is 36.0 Å². The minimum absolute atomic E-state index is 0.0441. The molecule has 0 atom stereocenters. The predicted molar refractivity (Wildman–Crippen MR) is 131 cm³/mol. The fraction of sp³-hybridized carbons (Fsp3) is 0.136. The normalized spacial score (nSPS) is 11.6. The van der Waals surface area contributed by atoms with E-state index in [-0.39, 0.29) is 21.2 Å².